The van der Waals surface area contributed by atoms with Crippen LogP contribution in [0.1, 0.15) is 32.6 Å². The maximum Gasteiger partial charge on any atom is 0.243 e. The van der Waals surface area contributed by atoms with Crippen LogP contribution < -0.4 is 5.73 Å². The Labute approximate surface area is 119 Å². The van der Waals surface area contributed by atoms with E-state index in [1.54, 1.807) is 4.31 Å². The van der Waals surface area contributed by atoms with E-state index in [-0.39, 0.29) is 10.9 Å². The van der Waals surface area contributed by atoms with Crippen molar-refractivity contribution in [3.05, 3.63) is 23.2 Å². The molecule has 0 amide bonds. The van der Waals surface area contributed by atoms with Crippen LogP contribution in [0.15, 0.2) is 23.1 Å². The van der Waals surface area contributed by atoms with Crippen LogP contribution in [-0.4, -0.2) is 25.3 Å². The maximum absolute atomic E-state index is 12.6. The van der Waals surface area contributed by atoms with E-state index in [0.717, 1.165) is 25.7 Å². The van der Waals surface area contributed by atoms with Gasteiger partial charge in [0.15, 0.2) is 0 Å². The highest BCUT2D eigenvalue weighted by atomic mass is 35.5. The zero-order valence-corrected chi connectivity index (χ0v) is 12.5. The average molecular weight is 303 g/mol. The molecule has 106 valence electrons. The molecule has 1 fully saturated rings. The Balaban J connectivity index is 2.37. The summed E-state index contributed by atoms with van der Waals surface area (Å²) in [6.07, 6.45) is 3.98. The second-order valence-electron chi connectivity index (χ2n) is 5.00. The topological polar surface area (TPSA) is 63.4 Å². The third-order valence-electron chi connectivity index (χ3n) is 3.57. The first-order valence-electron chi connectivity index (χ1n) is 6.50. The van der Waals surface area contributed by atoms with Crippen molar-refractivity contribution in [1.82, 2.24) is 4.31 Å². The van der Waals surface area contributed by atoms with E-state index in [0.29, 0.717) is 17.3 Å². The van der Waals surface area contributed by atoms with Gasteiger partial charge in [-0.25, -0.2) is 8.42 Å². The van der Waals surface area contributed by atoms with Crippen LogP contribution >= 0.6 is 11.6 Å². The van der Waals surface area contributed by atoms with Crippen molar-refractivity contribution in [2.75, 3.05) is 12.3 Å². The van der Waals surface area contributed by atoms with E-state index >= 15 is 0 Å². The lowest BCUT2D eigenvalue weighted by Crippen LogP contribution is -2.38. The van der Waals surface area contributed by atoms with E-state index in [4.69, 9.17) is 17.3 Å². The van der Waals surface area contributed by atoms with E-state index in [9.17, 15) is 8.42 Å². The fourth-order valence-electron chi connectivity index (χ4n) is 2.42. The van der Waals surface area contributed by atoms with Gasteiger partial charge in [0, 0.05) is 12.6 Å². The summed E-state index contributed by atoms with van der Waals surface area (Å²) in [6.45, 7) is 2.54. The quantitative estimate of drug-likeness (QED) is 0.854. The molecule has 1 heterocycles. The van der Waals surface area contributed by atoms with E-state index < -0.39 is 10.0 Å². The van der Waals surface area contributed by atoms with E-state index in [1.165, 1.54) is 18.2 Å². The summed E-state index contributed by atoms with van der Waals surface area (Å²) < 4.78 is 26.9. The Morgan fingerprint density at radius 3 is 2.74 bits per heavy atom. The van der Waals surface area contributed by atoms with Gasteiger partial charge in [-0.1, -0.05) is 24.4 Å². The van der Waals surface area contributed by atoms with Crippen molar-refractivity contribution in [3.8, 4) is 0 Å². The monoisotopic (exact) mass is 302 g/mol. The Morgan fingerprint density at radius 1 is 1.32 bits per heavy atom. The van der Waals surface area contributed by atoms with Gasteiger partial charge in [-0.15, -0.1) is 0 Å². The minimum absolute atomic E-state index is 0.0319. The van der Waals surface area contributed by atoms with Gasteiger partial charge >= 0.3 is 0 Å². The molecular weight excluding hydrogens is 284 g/mol. The maximum atomic E-state index is 12.6. The number of hydrogen-bond acceptors (Lipinski definition) is 3. The minimum Gasteiger partial charge on any atom is -0.397 e. The highest BCUT2D eigenvalue weighted by Crippen LogP contribution is 2.28. The number of anilines is 1. The van der Waals surface area contributed by atoms with Crippen molar-refractivity contribution in [1.29, 1.82) is 0 Å². The molecule has 0 bridgehead atoms. The van der Waals surface area contributed by atoms with Crippen molar-refractivity contribution in [2.45, 2.75) is 43.5 Å². The Morgan fingerprint density at radius 2 is 2.05 bits per heavy atom. The van der Waals surface area contributed by atoms with Crippen molar-refractivity contribution < 1.29 is 8.42 Å². The van der Waals surface area contributed by atoms with E-state index in [1.807, 2.05) is 6.92 Å². The van der Waals surface area contributed by atoms with Crippen LogP contribution in [0.2, 0.25) is 5.02 Å². The van der Waals surface area contributed by atoms with Crippen LogP contribution in [0.5, 0.6) is 0 Å². The molecule has 2 N–H and O–H groups in total. The molecule has 1 aromatic rings. The molecule has 1 aliphatic heterocycles. The van der Waals surface area contributed by atoms with Crippen LogP contribution in [0.3, 0.4) is 0 Å². The van der Waals surface area contributed by atoms with Gasteiger partial charge in [0.2, 0.25) is 10.0 Å². The first-order chi connectivity index (χ1) is 8.93. The molecule has 0 saturated carbocycles. The second-order valence-corrected chi connectivity index (χ2v) is 7.30. The number of rotatable bonds is 2. The lowest BCUT2D eigenvalue weighted by atomic mass is 10.1. The molecule has 0 aliphatic carbocycles. The summed E-state index contributed by atoms with van der Waals surface area (Å²) in [6, 6.07) is 4.53. The summed E-state index contributed by atoms with van der Waals surface area (Å²) in [5, 5.41) is 0.378. The third-order valence-corrected chi connectivity index (χ3v) is 5.92. The van der Waals surface area contributed by atoms with Gasteiger partial charge in [0.05, 0.1) is 15.6 Å². The number of benzene rings is 1. The summed E-state index contributed by atoms with van der Waals surface area (Å²) in [5.41, 5.74) is 5.99. The molecule has 1 aromatic carbocycles. The van der Waals surface area contributed by atoms with Gasteiger partial charge in [-0.2, -0.15) is 4.31 Å². The highest BCUT2D eigenvalue weighted by Gasteiger charge is 2.30. The van der Waals surface area contributed by atoms with Gasteiger partial charge in [0.1, 0.15) is 0 Å². The number of hydrogen-bond donors (Lipinski definition) is 1. The summed E-state index contributed by atoms with van der Waals surface area (Å²) in [5.74, 6) is 0. The Kier molecular flexibility index (Phi) is 4.38. The number of nitrogen functional groups attached to an aromatic ring is 1. The number of nitrogens with zero attached hydrogens (tertiary/aromatic N) is 1. The predicted octanol–water partition coefficient (Wildman–Crippen LogP) is 2.88. The molecule has 19 heavy (non-hydrogen) atoms. The van der Waals surface area contributed by atoms with Crippen molar-refractivity contribution in [2.24, 2.45) is 0 Å². The first-order valence-corrected chi connectivity index (χ1v) is 8.31. The minimum atomic E-state index is -3.48. The van der Waals surface area contributed by atoms with Crippen molar-refractivity contribution >= 4 is 27.3 Å². The number of sulfonamides is 1. The second kappa shape index (κ2) is 5.69. The lowest BCUT2D eigenvalue weighted by molar-refractivity contribution is 0.342. The SMILES string of the molecule is CC1CCCCCN1S(=O)(=O)c1ccc(Cl)c(N)c1. The van der Waals surface area contributed by atoms with Gasteiger partial charge in [0.25, 0.3) is 0 Å². The lowest BCUT2D eigenvalue weighted by Gasteiger charge is -2.26. The zero-order valence-electron chi connectivity index (χ0n) is 11.0. The molecule has 1 unspecified atom stereocenters. The Hall–Kier alpha value is -0.780. The third kappa shape index (κ3) is 3.04. The molecule has 4 nitrogen and oxygen atoms in total. The highest BCUT2D eigenvalue weighted by molar-refractivity contribution is 7.89. The summed E-state index contributed by atoms with van der Waals surface area (Å²) in [7, 11) is -3.48. The number of nitrogens with two attached hydrogens (primary N) is 1. The normalized spacial score (nSPS) is 22.1. The van der Waals surface area contributed by atoms with E-state index in [2.05, 4.69) is 0 Å². The summed E-state index contributed by atoms with van der Waals surface area (Å²) in [4.78, 5) is 0.225. The molecule has 0 aromatic heterocycles. The molecule has 1 aliphatic rings. The standard InChI is InChI=1S/C13H19ClN2O2S/c1-10-5-3-2-4-8-16(10)19(17,18)11-6-7-12(14)13(15)9-11/h6-7,9-10H,2-5,8,15H2,1H3. The molecule has 0 radical (unpaired) electrons. The smallest absolute Gasteiger partial charge is 0.243 e. The molecule has 1 saturated heterocycles. The largest absolute Gasteiger partial charge is 0.397 e. The van der Waals surface area contributed by atoms with Crippen LogP contribution in [0.25, 0.3) is 0 Å². The van der Waals surface area contributed by atoms with Crippen molar-refractivity contribution in [3.63, 3.8) is 0 Å². The fourth-order valence-corrected chi connectivity index (χ4v) is 4.28. The van der Waals surface area contributed by atoms with Gasteiger partial charge in [-0.05, 0) is 38.0 Å². The molecule has 6 heteroatoms. The van der Waals surface area contributed by atoms with Crippen LogP contribution in [-0.2, 0) is 10.0 Å². The summed E-state index contributed by atoms with van der Waals surface area (Å²) >= 11 is 5.84. The average Bonchev–Trinajstić information content (AvgIpc) is 2.57. The number of halogens is 1. The van der Waals surface area contributed by atoms with Gasteiger partial charge in [-0.3, -0.25) is 0 Å². The Bertz CT molecular complexity index is 560. The van der Waals surface area contributed by atoms with Crippen LogP contribution in [0.4, 0.5) is 5.69 Å². The zero-order chi connectivity index (χ0) is 14.0. The van der Waals surface area contributed by atoms with Crippen LogP contribution in [0, 0.1) is 0 Å². The van der Waals surface area contributed by atoms with Gasteiger partial charge < -0.3 is 5.73 Å². The molecular formula is C13H19ClN2O2S. The molecule has 2 rings (SSSR count). The first kappa shape index (κ1) is 14.6. The molecule has 1 atom stereocenters. The molecule has 0 spiro atoms. The fraction of sp³-hybridized carbons (Fsp3) is 0.538. The predicted molar refractivity (Wildman–Crippen MR) is 77.7 cm³/mol.